The van der Waals surface area contributed by atoms with Crippen LogP contribution in [0.4, 0.5) is 5.69 Å². The highest BCUT2D eigenvalue weighted by molar-refractivity contribution is 5.93. The minimum absolute atomic E-state index is 0.0921. The monoisotopic (exact) mass is 277 g/mol. The average molecular weight is 277 g/mol. The van der Waals surface area contributed by atoms with Gasteiger partial charge in [0, 0.05) is 13.1 Å². The maximum absolute atomic E-state index is 12.1. The van der Waals surface area contributed by atoms with Gasteiger partial charge in [-0.3, -0.25) is 9.69 Å². The summed E-state index contributed by atoms with van der Waals surface area (Å²) in [4.78, 5) is 14.2. The molecule has 1 amide bonds. The summed E-state index contributed by atoms with van der Waals surface area (Å²) in [6.45, 7) is 1.92. The molecule has 1 aliphatic heterocycles. The van der Waals surface area contributed by atoms with Gasteiger partial charge < -0.3 is 5.32 Å². The number of carbonyl (C=O) groups is 1. The molecule has 4 heteroatoms. The Bertz CT molecular complexity index is 693. The van der Waals surface area contributed by atoms with Crippen molar-refractivity contribution < 1.29 is 4.79 Å². The molecule has 0 atom stereocenters. The Morgan fingerprint density at radius 2 is 1.71 bits per heavy atom. The molecular weight excluding hydrogens is 262 g/mol. The number of hydrogen-bond donors (Lipinski definition) is 1. The molecule has 0 unspecified atom stereocenters. The van der Waals surface area contributed by atoms with Crippen molar-refractivity contribution in [3.63, 3.8) is 0 Å². The molecule has 2 aromatic carbocycles. The van der Waals surface area contributed by atoms with E-state index in [0.717, 1.165) is 13.1 Å². The van der Waals surface area contributed by atoms with E-state index in [1.807, 2.05) is 18.2 Å². The van der Waals surface area contributed by atoms with Gasteiger partial charge in [0.25, 0.3) is 0 Å². The summed E-state index contributed by atoms with van der Waals surface area (Å²) in [5.41, 5.74) is 3.61. The van der Waals surface area contributed by atoms with Crippen LogP contribution in [0.5, 0.6) is 0 Å². The molecule has 0 saturated heterocycles. The third kappa shape index (κ3) is 2.93. The van der Waals surface area contributed by atoms with E-state index in [-0.39, 0.29) is 5.91 Å². The largest absolute Gasteiger partial charge is 0.324 e. The first-order valence-corrected chi connectivity index (χ1v) is 6.84. The normalized spacial score (nSPS) is 13.5. The third-order valence-electron chi connectivity index (χ3n) is 3.60. The highest BCUT2D eigenvalue weighted by Crippen LogP contribution is 2.22. The van der Waals surface area contributed by atoms with Crippen LogP contribution in [0.1, 0.15) is 16.7 Å². The van der Waals surface area contributed by atoms with Crippen molar-refractivity contribution in [3.05, 3.63) is 65.2 Å². The number of fused-ring (bicyclic) bond motifs is 1. The lowest BCUT2D eigenvalue weighted by Gasteiger charge is -2.14. The van der Waals surface area contributed by atoms with Gasteiger partial charge in [0.15, 0.2) is 0 Å². The van der Waals surface area contributed by atoms with Crippen molar-refractivity contribution in [2.75, 3.05) is 11.9 Å². The Hall–Kier alpha value is -2.64. The van der Waals surface area contributed by atoms with Crippen LogP contribution < -0.4 is 5.32 Å². The molecule has 21 heavy (non-hydrogen) atoms. The molecule has 1 aliphatic rings. The van der Waals surface area contributed by atoms with Crippen molar-refractivity contribution in [1.29, 1.82) is 5.26 Å². The second-order valence-electron chi connectivity index (χ2n) is 5.12. The zero-order valence-corrected chi connectivity index (χ0v) is 11.5. The number of benzene rings is 2. The summed E-state index contributed by atoms with van der Waals surface area (Å²) in [6.07, 6.45) is 0. The first-order valence-electron chi connectivity index (χ1n) is 6.84. The van der Waals surface area contributed by atoms with E-state index in [4.69, 9.17) is 5.26 Å². The van der Waals surface area contributed by atoms with Gasteiger partial charge in [0.2, 0.25) is 5.91 Å². The van der Waals surface area contributed by atoms with Crippen molar-refractivity contribution >= 4 is 11.6 Å². The van der Waals surface area contributed by atoms with Gasteiger partial charge in [-0.15, -0.1) is 0 Å². The minimum atomic E-state index is -0.0921. The van der Waals surface area contributed by atoms with Gasteiger partial charge in [-0.05, 0) is 23.3 Å². The minimum Gasteiger partial charge on any atom is -0.324 e. The standard InChI is InChI=1S/C17H15N3O/c18-9-13-5-3-4-8-16(13)19-17(21)12-20-10-14-6-1-2-7-15(14)11-20/h1-8H,10-12H2,(H,19,21). The Morgan fingerprint density at radius 3 is 2.38 bits per heavy atom. The lowest BCUT2D eigenvalue weighted by molar-refractivity contribution is -0.117. The molecule has 0 bridgehead atoms. The number of hydrogen-bond acceptors (Lipinski definition) is 3. The smallest absolute Gasteiger partial charge is 0.238 e. The summed E-state index contributed by atoms with van der Waals surface area (Å²) < 4.78 is 0. The molecule has 1 heterocycles. The Balaban J connectivity index is 1.63. The molecule has 0 saturated carbocycles. The molecular formula is C17H15N3O. The van der Waals surface area contributed by atoms with Gasteiger partial charge in [0.05, 0.1) is 17.8 Å². The van der Waals surface area contributed by atoms with Gasteiger partial charge in [-0.1, -0.05) is 36.4 Å². The quantitative estimate of drug-likeness (QED) is 0.938. The van der Waals surface area contributed by atoms with E-state index in [9.17, 15) is 4.79 Å². The lowest BCUT2D eigenvalue weighted by Crippen LogP contribution is -2.29. The van der Waals surface area contributed by atoms with Crippen LogP contribution in [0.25, 0.3) is 0 Å². The number of para-hydroxylation sites is 1. The first kappa shape index (κ1) is 13.3. The lowest BCUT2D eigenvalue weighted by atomic mass is 10.1. The number of anilines is 1. The van der Waals surface area contributed by atoms with E-state index in [0.29, 0.717) is 17.8 Å². The fourth-order valence-corrected chi connectivity index (χ4v) is 2.60. The van der Waals surface area contributed by atoms with Crippen LogP contribution in [-0.2, 0) is 17.9 Å². The number of amides is 1. The fourth-order valence-electron chi connectivity index (χ4n) is 2.60. The van der Waals surface area contributed by atoms with Crippen LogP contribution in [0.2, 0.25) is 0 Å². The number of nitrogens with zero attached hydrogens (tertiary/aromatic N) is 2. The Morgan fingerprint density at radius 1 is 1.10 bits per heavy atom. The van der Waals surface area contributed by atoms with E-state index < -0.39 is 0 Å². The molecule has 104 valence electrons. The third-order valence-corrected chi connectivity index (χ3v) is 3.60. The van der Waals surface area contributed by atoms with Gasteiger partial charge in [-0.2, -0.15) is 5.26 Å². The maximum atomic E-state index is 12.1. The second-order valence-corrected chi connectivity index (χ2v) is 5.12. The topological polar surface area (TPSA) is 56.1 Å². The molecule has 1 N–H and O–H groups in total. The Labute approximate surface area is 123 Å². The van der Waals surface area contributed by atoms with E-state index >= 15 is 0 Å². The number of carbonyl (C=O) groups excluding carboxylic acids is 1. The first-order chi connectivity index (χ1) is 10.3. The maximum Gasteiger partial charge on any atom is 0.238 e. The second kappa shape index (κ2) is 5.78. The van der Waals surface area contributed by atoms with E-state index in [1.165, 1.54) is 11.1 Å². The van der Waals surface area contributed by atoms with E-state index in [1.54, 1.807) is 18.2 Å². The SMILES string of the molecule is N#Cc1ccccc1NC(=O)CN1Cc2ccccc2C1. The highest BCUT2D eigenvalue weighted by Gasteiger charge is 2.20. The van der Waals surface area contributed by atoms with E-state index in [2.05, 4.69) is 28.4 Å². The van der Waals surface area contributed by atoms with Crippen molar-refractivity contribution in [1.82, 2.24) is 4.90 Å². The molecule has 0 aromatic heterocycles. The molecule has 0 spiro atoms. The number of rotatable bonds is 3. The van der Waals surface area contributed by atoms with Crippen molar-refractivity contribution in [2.45, 2.75) is 13.1 Å². The summed E-state index contributed by atoms with van der Waals surface area (Å²) in [6, 6.07) is 17.3. The number of nitrogens with one attached hydrogen (secondary N) is 1. The number of nitriles is 1. The molecule has 2 aromatic rings. The van der Waals surface area contributed by atoms with Gasteiger partial charge >= 0.3 is 0 Å². The zero-order chi connectivity index (χ0) is 14.7. The van der Waals surface area contributed by atoms with Crippen LogP contribution in [0, 0.1) is 11.3 Å². The molecule has 4 nitrogen and oxygen atoms in total. The van der Waals surface area contributed by atoms with Crippen LogP contribution in [-0.4, -0.2) is 17.4 Å². The fraction of sp³-hybridized carbons (Fsp3) is 0.176. The molecule has 0 radical (unpaired) electrons. The van der Waals surface area contributed by atoms with Crippen molar-refractivity contribution in [3.8, 4) is 6.07 Å². The summed E-state index contributed by atoms with van der Waals surface area (Å²) >= 11 is 0. The van der Waals surface area contributed by atoms with Crippen LogP contribution in [0.15, 0.2) is 48.5 Å². The zero-order valence-electron chi connectivity index (χ0n) is 11.5. The van der Waals surface area contributed by atoms with Crippen LogP contribution >= 0.6 is 0 Å². The Kier molecular flexibility index (Phi) is 3.67. The molecule has 3 rings (SSSR count). The van der Waals surface area contributed by atoms with Gasteiger partial charge in [-0.25, -0.2) is 0 Å². The summed E-state index contributed by atoms with van der Waals surface area (Å²) in [5, 5.41) is 11.8. The predicted octanol–water partition coefficient (Wildman–Crippen LogP) is 2.51. The van der Waals surface area contributed by atoms with Gasteiger partial charge in [0.1, 0.15) is 6.07 Å². The van der Waals surface area contributed by atoms with Crippen molar-refractivity contribution in [2.24, 2.45) is 0 Å². The summed E-state index contributed by atoms with van der Waals surface area (Å²) in [5.74, 6) is -0.0921. The molecule has 0 aliphatic carbocycles. The predicted molar refractivity (Wildman–Crippen MR) is 80.3 cm³/mol. The average Bonchev–Trinajstić information content (AvgIpc) is 2.89. The molecule has 0 fully saturated rings. The summed E-state index contributed by atoms with van der Waals surface area (Å²) in [7, 11) is 0. The van der Waals surface area contributed by atoms with Crippen LogP contribution in [0.3, 0.4) is 0 Å². The highest BCUT2D eigenvalue weighted by atomic mass is 16.2.